The number of hydrogen-bond acceptors (Lipinski definition) is 3. The van der Waals surface area contributed by atoms with E-state index in [-0.39, 0.29) is 5.60 Å². The standard InChI is InChI=1S/C14H18N2O/c1-11-8-13(5-4-12(11)9-15)16-10-14(2)6-3-7-17-14/h4-5,8,16H,3,6-7,10H2,1-2H3. The molecule has 3 heteroatoms. The minimum Gasteiger partial charge on any atom is -0.382 e. The molecule has 2 rings (SSSR count). The number of anilines is 1. The van der Waals surface area contributed by atoms with E-state index in [0.29, 0.717) is 0 Å². The van der Waals surface area contributed by atoms with Crippen LogP contribution in [0, 0.1) is 18.3 Å². The molecule has 3 nitrogen and oxygen atoms in total. The Balaban J connectivity index is 2.00. The molecule has 0 aliphatic carbocycles. The molecule has 90 valence electrons. The molecular weight excluding hydrogens is 212 g/mol. The SMILES string of the molecule is Cc1cc(NCC2(C)CCCO2)ccc1C#N. The Kier molecular flexibility index (Phi) is 3.35. The highest BCUT2D eigenvalue weighted by Crippen LogP contribution is 2.25. The lowest BCUT2D eigenvalue weighted by Crippen LogP contribution is -2.32. The lowest BCUT2D eigenvalue weighted by atomic mass is 10.0. The van der Waals surface area contributed by atoms with Crippen LogP contribution in [0.3, 0.4) is 0 Å². The van der Waals surface area contributed by atoms with Gasteiger partial charge in [-0.25, -0.2) is 0 Å². The third-order valence-corrected chi connectivity index (χ3v) is 3.31. The summed E-state index contributed by atoms with van der Waals surface area (Å²) in [5, 5.41) is 12.2. The second-order valence-corrected chi connectivity index (χ2v) is 4.90. The van der Waals surface area contributed by atoms with Gasteiger partial charge in [0.15, 0.2) is 0 Å². The average molecular weight is 230 g/mol. The molecule has 1 aromatic carbocycles. The monoisotopic (exact) mass is 230 g/mol. The van der Waals surface area contributed by atoms with Gasteiger partial charge in [0.2, 0.25) is 0 Å². The molecule has 1 unspecified atom stereocenters. The zero-order valence-corrected chi connectivity index (χ0v) is 10.4. The molecule has 0 bridgehead atoms. The van der Waals surface area contributed by atoms with Crippen LogP contribution in [-0.2, 0) is 4.74 Å². The van der Waals surface area contributed by atoms with Crippen LogP contribution in [-0.4, -0.2) is 18.8 Å². The third-order valence-electron chi connectivity index (χ3n) is 3.31. The van der Waals surface area contributed by atoms with Crippen LogP contribution >= 0.6 is 0 Å². The van der Waals surface area contributed by atoms with E-state index in [1.807, 2.05) is 25.1 Å². The van der Waals surface area contributed by atoms with Gasteiger partial charge in [-0.15, -0.1) is 0 Å². The van der Waals surface area contributed by atoms with Gasteiger partial charge < -0.3 is 10.1 Å². The van der Waals surface area contributed by atoms with Crippen molar-refractivity contribution in [2.75, 3.05) is 18.5 Å². The van der Waals surface area contributed by atoms with Crippen molar-refractivity contribution in [2.45, 2.75) is 32.3 Å². The highest BCUT2D eigenvalue weighted by molar-refractivity contribution is 5.51. The lowest BCUT2D eigenvalue weighted by molar-refractivity contribution is 0.0315. The number of hydrogen-bond donors (Lipinski definition) is 1. The Hall–Kier alpha value is -1.53. The number of ether oxygens (including phenoxy) is 1. The summed E-state index contributed by atoms with van der Waals surface area (Å²) < 4.78 is 5.72. The van der Waals surface area contributed by atoms with Gasteiger partial charge in [0, 0.05) is 18.8 Å². The van der Waals surface area contributed by atoms with E-state index in [2.05, 4.69) is 18.3 Å². The minimum absolute atomic E-state index is 0.0399. The molecule has 1 aliphatic rings. The fraction of sp³-hybridized carbons (Fsp3) is 0.500. The normalized spacial score (nSPS) is 23.4. The number of nitrogens with zero attached hydrogens (tertiary/aromatic N) is 1. The first kappa shape index (κ1) is 11.9. The van der Waals surface area contributed by atoms with Gasteiger partial charge in [-0.2, -0.15) is 5.26 Å². The lowest BCUT2D eigenvalue weighted by Gasteiger charge is -2.24. The molecule has 17 heavy (non-hydrogen) atoms. The highest BCUT2D eigenvalue weighted by atomic mass is 16.5. The van der Waals surface area contributed by atoms with Crippen molar-refractivity contribution >= 4 is 5.69 Å². The Morgan fingerprint density at radius 2 is 2.35 bits per heavy atom. The topological polar surface area (TPSA) is 45.0 Å². The fourth-order valence-electron chi connectivity index (χ4n) is 2.16. The maximum Gasteiger partial charge on any atom is 0.0994 e. The van der Waals surface area contributed by atoms with Crippen molar-refractivity contribution in [2.24, 2.45) is 0 Å². The summed E-state index contributed by atoms with van der Waals surface area (Å²) in [6.07, 6.45) is 2.25. The van der Waals surface area contributed by atoms with Crippen molar-refractivity contribution in [1.29, 1.82) is 5.26 Å². The number of nitrogens with one attached hydrogen (secondary N) is 1. The van der Waals surface area contributed by atoms with Gasteiger partial charge in [0.1, 0.15) is 0 Å². The predicted octanol–water partition coefficient (Wildman–Crippen LogP) is 2.85. The third kappa shape index (κ3) is 2.78. The van der Waals surface area contributed by atoms with Gasteiger partial charge in [0.25, 0.3) is 0 Å². The smallest absolute Gasteiger partial charge is 0.0994 e. The summed E-state index contributed by atoms with van der Waals surface area (Å²) in [6.45, 7) is 5.78. The Labute approximate surface area is 102 Å². The number of nitriles is 1. The highest BCUT2D eigenvalue weighted by Gasteiger charge is 2.29. The molecule has 1 atom stereocenters. The van der Waals surface area contributed by atoms with Gasteiger partial charge in [-0.1, -0.05) is 0 Å². The second kappa shape index (κ2) is 4.77. The quantitative estimate of drug-likeness (QED) is 0.868. The Bertz CT molecular complexity index is 442. The molecule has 0 aromatic heterocycles. The van der Waals surface area contributed by atoms with Gasteiger partial charge >= 0.3 is 0 Å². The molecule has 1 heterocycles. The molecule has 1 saturated heterocycles. The van der Waals surface area contributed by atoms with Crippen LogP contribution in [0.15, 0.2) is 18.2 Å². The Morgan fingerprint density at radius 3 is 2.94 bits per heavy atom. The van der Waals surface area contributed by atoms with E-state index in [1.165, 1.54) is 0 Å². The first-order valence-electron chi connectivity index (χ1n) is 6.02. The predicted molar refractivity (Wildman–Crippen MR) is 68.0 cm³/mol. The van der Waals surface area contributed by atoms with Gasteiger partial charge in [-0.05, 0) is 50.5 Å². The van der Waals surface area contributed by atoms with Crippen molar-refractivity contribution < 1.29 is 4.74 Å². The zero-order valence-electron chi connectivity index (χ0n) is 10.4. The molecular formula is C14H18N2O. The van der Waals surface area contributed by atoms with E-state index in [9.17, 15) is 0 Å². The maximum atomic E-state index is 8.86. The van der Waals surface area contributed by atoms with E-state index >= 15 is 0 Å². The number of aryl methyl sites for hydroxylation is 1. The van der Waals surface area contributed by atoms with Crippen LogP contribution < -0.4 is 5.32 Å². The van der Waals surface area contributed by atoms with Crippen LogP contribution in [0.2, 0.25) is 0 Å². The number of benzene rings is 1. The summed E-state index contributed by atoms with van der Waals surface area (Å²) in [6, 6.07) is 7.99. The van der Waals surface area contributed by atoms with E-state index < -0.39 is 0 Å². The first-order valence-corrected chi connectivity index (χ1v) is 6.02. The van der Waals surface area contributed by atoms with Crippen LogP contribution in [0.25, 0.3) is 0 Å². The van der Waals surface area contributed by atoms with E-state index in [1.54, 1.807) is 0 Å². The van der Waals surface area contributed by atoms with Crippen molar-refractivity contribution in [1.82, 2.24) is 0 Å². The van der Waals surface area contributed by atoms with Crippen LogP contribution in [0.4, 0.5) is 5.69 Å². The Morgan fingerprint density at radius 1 is 1.53 bits per heavy atom. The van der Waals surface area contributed by atoms with Crippen LogP contribution in [0.1, 0.15) is 30.9 Å². The summed E-state index contributed by atoms with van der Waals surface area (Å²) in [5.41, 5.74) is 2.76. The van der Waals surface area contributed by atoms with E-state index in [0.717, 1.165) is 42.8 Å². The zero-order chi connectivity index (χ0) is 12.3. The molecule has 1 fully saturated rings. The summed E-state index contributed by atoms with van der Waals surface area (Å²) in [7, 11) is 0. The molecule has 0 saturated carbocycles. The van der Waals surface area contributed by atoms with Gasteiger partial charge in [0.05, 0.1) is 17.2 Å². The molecule has 1 N–H and O–H groups in total. The molecule has 0 spiro atoms. The largest absolute Gasteiger partial charge is 0.382 e. The maximum absolute atomic E-state index is 8.86. The first-order chi connectivity index (χ1) is 8.13. The molecule has 0 radical (unpaired) electrons. The van der Waals surface area contributed by atoms with Crippen molar-refractivity contribution in [3.63, 3.8) is 0 Å². The molecule has 1 aromatic rings. The van der Waals surface area contributed by atoms with Crippen molar-refractivity contribution in [3.05, 3.63) is 29.3 Å². The van der Waals surface area contributed by atoms with Crippen LogP contribution in [0.5, 0.6) is 0 Å². The van der Waals surface area contributed by atoms with Gasteiger partial charge in [-0.3, -0.25) is 0 Å². The average Bonchev–Trinajstić information content (AvgIpc) is 2.74. The van der Waals surface area contributed by atoms with Crippen molar-refractivity contribution in [3.8, 4) is 6.07 Å². The molecule has 0 amide bonds. The molecule has 1 aliphatic heterocycles. The second-order valence-electron chi connectivity index (χ2n) is 4.90. The minimum atomic E-state index is -0.0399. The summed E-state index contributed by atoms with van der Waals surface area (Å²) in [4.78, 5) is 0. The van der Waals surface area contributed by atoms with E-state index in [4.69, 9.17) is 10.00 Å². The summed E-state index contributed by atoms with van der Waals surface area (Å²) >= 11 is 0. The fourth-order valence-corrected chi connectivity index (χ4v) is 2.16. The summed E-state index contributed by atoms with van der Waals surface area (Å²) in [5.74, 6) is 0. The number of rotatable bonds is 3.